The van der Waals surface area contributed by atoms with Crippen LogP contribution in [0.2, 0.25) is 5.02 Å². The normalized spacial score (nSPS) is 14.4. The number of hydrogen-bond donors (Lipinski definition) is 2. The summed E-state index contributed by atoms with van der Waals surface area (Å²) in [5.41, 5.74) is 1.23. The molecule has 1 fully saturated rings. The summed E-state index contributed by atoms with van der Waals surface area (Å²) >= 11 is 5.93. The maximum absolute atomic E-state index is 12.5. The molecule has 166 valence electrons. The Balaban J connectivity index is 1.52. The van der Waals surface area contributed by atoms with Crippen molar-refractivity contribution in [2.75, 3.05) is 44.2 Å². The Hall–Kier alpha value is -2.62. The number of sulfonamides is 1. The second-order valence-electron chi connectivity index (χ2n) is 7.06. The minimum atomic E-state index is -3.66. The highest BCUT2D eigenvalue weighted by Gasteiger charge is 2.22. The molecule has 3 rings (SSSR count). The minimum Gasteiger partial charge on any atom is -0.368 e. The third kappa shape index (κ3) is 5.96. The molecule has 0 atom stereocenters. The molecular weight excluding hydrogens is 440 g/mol. The van der Waals surface area contributed by atoms with Gasteiger partial charge in [0.25, 0.3) is 5.91 Å². The summed E-state index contributed by atoms with van der Waals surface area (Å²) in [6.45, 7) is 4.25. The first-order valence-corrected chi connectivity index (χ1v) is 11.8. The average molecular weight is 465 g/mol. The van der Waals surface area contributed by atoms with E-state index in [-0.39, 0.29) is 29.5 Å². The van der Waals surface area contributed by atoms with Gasteiger partial charge in [0, 0.05) is 49.0 Å². The molecule has 1 aliphatic rings. The number of carbonyl (C=O) groups excluding carboxylic acids is 2. The van der Waals surface area contributed by atoms with Gasteiger partial charge in [-0.1, -0.05) is 24.6 Å². The highest BCUT2D eigenvalue weighted by molar-refractivity contribution is 7.89. The van der Waals surface area contributed by atoms with Gasteiger partial charge in [-0.25, -0.2) is 13.1 Å². The highest BCUT2D eigenvalue weighted by atomic mass is 35.5. The van der Waals surface area contributed by atoms with Crippen LogP contribution in [0.5, 0.6) is 0 Å². The van der Waals surface area contributed by atoms with Crippen molar-refractivity contribution in [2.24, 2.45) is 0 Å². The fraction of sp³-hybridized carbons (Fsp3) is 0.333. The molecule has 1 aliphatic heterocycles. The minimum absolute atomic E-state index is 0.00616. The predicted molar refractivity (Wildman–Crippen MR) is 120 cm³/mol. The maximum atomic E-state index is 12.5. The molecule has 0 aromatic heterocycles. The van der Waals surface area contributed by atoms with E-state index in [2.05, 4.69) is 14.9 Å². The Morgan fingerprint density at radius 3 is 2.35 bits per heavy atom. The molecule has 31 heavy (non-hydrogen) atoms. The Morgan fingerprint density at radius 2 is 1.71 bits per heavy atom. The molecular formula is C21H25ClN4O4S. The Morgan fingerprint density at radius 1 is 1.03 bits per heavy atom. The van der Waals surface area contributed by atoms with E-state index in [0.29, 0.717) is 31.2 Å². The second-order valence-corrected chi connectivity index (χ2v) is 9.26. The monoisotopic (exact) mass is 464 g/mol. The first-order chi connectivity index (χ1) is 14.8. The van der Waals surface area contributed by atoms with Crippen molar-refractivity contribution in [3.8, 4) is 0 Å². The zero-order valence-electron chi connectivity index (χ0n) is 17.2. The Bertz CT molecular complexity index is 1040. The van der Waals surface area contributed by atoms with E-state index in [4.69, 9.17) is 11.6 Å². The van der Waals surface area contributed by atoms with E-state index in [1.165, 1.54) is 24.3 Å². The summed E-state index contributed by atoms with van der Waals surface area (Å²) in [5.74, 6) is -0.678. The van der Waals surface area contributed by atoms with Gasteiger partial charge in [0.15, 0.2) is 0 Å². The molecule has 2 N–H and O–H groups in total. The van der Waals surface area contributed by atoms with Gasteiger partial charge >= 0.3 is 0 Å². The molecule has 0 unspecified atom stereocenters. The van der Waals surface area contributed by atoms with Gasteiger partial charge in [0.1, 0.15) is 0 Å². The molecule has 0 aliphatic carbocycles. The molecule has 2 amide bonds. The smallest absolute Gasteiger partial charge is 0.251 e. The zero-order valence-corrected chi connectivity index (χ0v) is 18.7. The third-order valence-corrected chi connectivity index (χ3v) is 6.76. The number of rotatable bonds is 7. The van der Waals surface area contributed by atoms with Crippen LogP contribution in [-0.4, -0.2) is 64.4 Å². The standard InChI is InChI=1S/C21H25ClN4O4S/c1-2-24-31(29,30)19-5-3-4-16(14-19)21(28)23-15-20(27)26-12-10-25(11-13-26)18-8-6-17(22)7-9-18/h3-9,14,24H,2,10-13,15H2,1H3,(H,23,28). The van der Waals surface area contributed by atoms with E-state index in [1.54, 1.807) is 11.8 Å². The number of hydrogen-bond acceptors (Lipinski definition) is 5. The van der Waals surface area contributed by atoms with Gasteiger partial charge in [0.2, 0.25) is 15.9 Å². The van der Waals surface area contributed by atoms with Crippen molar-refractivity contribution >= 4 is 39.1 Å². The summed E-state index contributed by atoms with van der Waals surface area (Å²) in [7, 11) is -3.66. The summed E-state index contributed by atoms with van der Waals surface area (Å²) in [4.78, 5) is 28.8. The lowest BCUT2D eigenvalue weighted by atomic mass is 10.2. The molecule has 0 saturated carbocycles. The molecule has 0 bridgehead atoms. The lowest BCUT2D eigenvalue weighted by Gasteiger charge is -2.36. The highest BCUT2D eigenvalue weighted by Crippen LogP contribution is 2.19. The van der Waals surface area contributed by atoms with Crippen molar-refractivity contribution < 1.29 is 18.0 Å². The number of piperazine rings is 1. The van der Waals surface area contributed by atoms with Gasteiger partial charge in [-0.05, 0) is 42.5 Å². The van der Waals surface area contributed by atoms with Crippen LogP contribution in [0.4, 0.5) is 5.69 Å². The van der Waals surface area contributed by atoms with Crippen LogP contribution in [0.3, 0.4) is 0 Å². The second kappa shape index (κ2) is 10.1. The summed E-state index contributed by atoms with van der Waals surface area (Å²) in [5, 5.41) is 3.26. The average Bonchev–Trinajstić information content (AvgIpc) is 2.78. The largest absolute Gasteiger partial charge is 0.368 e. The lowest BCUT2D eigenvalue weighted by Crippen LogP contribution is -2.51. The van der Waals surface area contributed by atoms with Crippen molar-refractivity contribution in [1.82, 2.24) is 14.9 Å². The molecule has 2 aromatic rings. The van der Waals surface area contributed by atoms with Crippen LogP contribution < -0.4 is 14.9 Å². The molecule has 8 nitrogen and oxygen atoms in total. The molecule has 1 saturated heterocycles. The molecule has 0 radical (unpaired) electrons. The van der Waals surface area contributed by atoms with E-state index >= 15 is 0 Å². The van der Waals surface area contributed by atoms with E-state index in [1.807, 2.05) is 24.3 Å². The quantitative estimate of drug-likeness (QED) is 0.650. The van der Waals surface area contributed by atoms with Crippen LogP contribution >= 0.6 is 11.6 Å². The van der Waals surface area contributed by atoms with Crippen molar-refractivity contribution in [3.05, 3.63) is 59.1 Å². The van der Waals surface area contributed by atoms with E-state index < -0.39 is 15.9 Å². The summed E-state index contributed by atoms with van der Waals surface area (Å²) in [6.07, 6.45) is 0. The third-order valence-electron chi connectivity index (χ3n) is 4.97. The van der Waals surface area contributed by atoms with Crippen molar-refractivity contribution in [1.29, 1.82) is 0 Å². The van der Waals surface area contributed by atoms with Crippen LogP contribution in [0.15, 0.2) is 53.4 Å². The SMILES string of the molecule is CCNS(=O)(=O)c1cccc(C(=O)NCC(=O)N2CCN(c3ccc(Cl)cc3)CC2)c1. The molecule has 0 spiro atoms. The number of anilines is 1. The number of nitrogens with one attached hydrogen (secondary N) is 2. The number of benzene rings is 2. The van der Waals surface area contributed by atoms with Gasteiger partial charge < -0.3 is 15.1 Å². The first kappa shape index (κ1) is 23.1. The molecule has 2 aromatic carbocycles. The van der Waals surface area contributed by atoms with Gasteiger partial charge in [-0.2, -0.15) is 0 Å². The van der Waals surface area contributed by atoms with Crippen LogP contribution in [-0.2, 0) is 14.8 Å². The van der Waals surface area contributed by atoms with Gasteiger partial charge in [-0.15, -0.1) is 0 Å². The van der Waals surface area contributed by atoms with Crippen LogP contribution in [0.1, 0.15) is 17.3 Å². The fourth-order valence-electron chi connectivity index (χ4n) is 3.31. The van der Waals surface area contributed by atoms with Crippen LogP contribution in [0, 0.1) is 0 Å². The maximum Gasteiger partial charge on any atom is 0.251 e. The van der Waals surface area contributed by atoms with E-state index in [0.717, 1.165) is 5.69 Å². The summed E-state index contributed by atoms with van der Waals surface area (Å²) < 4.78 is 26.6. The number of halogens is 1. The Kier molecular flexibility index (Phi) is 7.53. The molecule has 1 heterocycles. The summed E-state index contributed by atoms with van der Waals surface area (Å²) in [6, 6.07) is 13.3. The predicted octanol–water partition coefficient (Wildman–Crippen LogP) is 1.72. The van der Waals surface area contributed by atoms with Crippen LogP contribution in [0.25, 0.3) is 0 Å². The van der Waals surface area contributed by atoms with Crippen molar-refractivity contribution in [2.45, 2.75) is 11.8 Å². The van der Waals surface area contributed by atoms with E-state index in [9.17, 15) is 18.0 Å². The van der Waals surface area contributed by atoms with Crippen molar-refractivity contribution in [3.63, 3.8) is 0 Å². The lowest BCUT2D eigenvalue weighted by molar-refractivity contribution is -0.130. The number of nitrogens with zero attached hydrogens (tertiary/aromatic N) is 2. The fourth-order valence-corrected chi connectivity index (χ4v) is 4.53. The number of carbonyl (C=O) groups is 2. The Labute approximate surface area is 187 Å². The van der Waals surface area contributed by atoms with Gasteiger partial charge in [0.05, 0.1) is 11.4 Å². The van der Waals surface area contributed by atoms with Gasteiger partial charge in [-0.3, -0.25) is 9.59 Å². The first-order valence-electron chi connectivity index (χ1n) is 9.96. The topological polar surface area (TPSA) is 98.8 Å². The zero-order chi connectivity index (χ0) is 22.4. The molecule has 10 heteroatoms. The number of amides is 2.